The van der Waals surface area contributed by atoms with Crippen molar-refractivity contribution >= 4 is 39.5 Å². The van der Waals surface area contributed by atoms with E-state index in [-0.39, 0.29) is 25.7 Å². The molecule has 0 radical (unpaired) electrons. The van der Waals surface area contributed by atoms with Crippen LogP contribution in [0.1, 0.15) is 331 Å². The first-order valence-corrected chi connectivity index (χ1v) is 38.2. The van der Waals surface area contributed by atoms with Gasteiger partial charge in [-0.15, -0.1) is 0 Å². The summed E-state index contributed by atoms with van der Waals surface area (Å²) < 4.78 is 68.0. The summed E-state index contributed by atoms with van der Waals surface area (Å²) in [4.78, 5) is 72.3. The standard InChI is InChI=1S/C68H132O17P2/c1-9-61(8)47-39-31-24-27-35-43-51-68(73)85-64(55-79-66(71)49-41-33-25-22-29-37-45-59(4)5)57-83-87(76,77)81-53-62(69)52-80-86(74,75)82-56-63(84-67(72)50-42-34-26-23-30-38-46-60(6)7)54-78-65(70)48-40-32-21-19-17-15-13-11-10-12-14-16-18-20-28-36-44-58(2)3/h58-64,69H,9-57H2,1-8H3,(H,74,75)(H,76,77)/t61?,62-,63-,64-/m1/s1. The Morgan fingerprint density at radius 3 is 0.816 bits per heavy atom. The number of aliphatic hydroxyl groups excluding tert-OH is 1. The van der Waals surface area contributed by atoms with Crippen molar-refractivity contribution in [2.45, 2.75) is 350 Å². The molecule has 19 heteroatoms. The number of carbonyl (C=O) groups is 4. The second-order valence-electron chi connectivity index (χ2n) is 26.2. The molecule has 0 saturated carbocycles. The normalized spacial score (nSPS) is 14.6. The third-order valence-electron chi connectivity index (χ3n) is 15.9. The van der Waals surface area contributed by atoms with E-state index in [9.17, 15) is 43.2 Å². The fraction of sp³-hybridized carbons (Fsp3) is 0.941. The zero-order valence-electron chi connectivity index (χ0n) is 56.6. The van der Waals surface area contributed by atoms with E-state index in [2.05, 4.69) is 55.4 Å². The van der Waals surface area contributed by atoms with Crippen molar-refractivity contribution in [3.05, 3.63) is 0 Å². The molecule has 0 fully saturated rings. The molecule has 516 valence electrons. The maximum absolute atomic E-state index is 13.0. The van der Waals surface area contributed by atoms with Gasteiger partial charge in [-0.3, -0.25) is 37.3 Å². The van der Waals surface area contributed by atoms with Gasteiger partial charge in [-0.2, -0.15) is 0 Å². The van der Waals surface area contributed by atoms with Gasteiger partial charge in [0, 0.05) is 25.7 Å². The van der Waals surface area contributed by atoms with Gasteiger partial charge in [0.1, 0.15) is 19.3 Å². The topological polar surface area (TPSA) is 237 Å². The minimum absolute atomic E-state index is 0.101. The molecule has 87 heavy (non-hydrogen) atoms. The Balaban J connectivity index is 5.14. The summed E-state index contributed by atoms with van der Waals surface area (Å²) in [6, 6.07) is 0. The van der Waals surface area contributed by atoms with Crippen molar-refractivity contribution in [3.63, 3.8) is 0 Å². The van der Waals surface area contributed by atoms with Crippen LogP contribution in [0.2, 0.25) is 0 Å². The lowest BCUT2D eigenvalue weighted by Gasteiger charge is -2.21. The molecule has 6 atom stereocenters. The number of carbonyl (C=O) groups excluding carboxylic acids is 4. The predicted octanol–water partition coefficient (Wildman–Crippen LogP) is 18.9. The first kappa shape index (κ1) is 85.1. The maximum Gasteiger partial charge on any atom is 0.472 e. The lowest BCUT2D eigenvalue weighted by atomic mass is 10.00. The van der Waals surface area contributed by atoms with Gasteiger partial charge in [0.15, 0.2) is 12.2 Å². The third-order valence-corrected chi connectivity index (χ3v) is 17.8. The van der Waals surface area contributed by atoms with Crippen LogP contribution < -0.4 is 0 Å². The number of phosphoric ester groups is 2. The molecule has 0 aliphatic carbocycles. The highest BCUT2D eigenvalue weighted by Crippen LogP contribution is 2.45. The lowest BCUT2D eigenvalue weighted by Crippen LogP contribution is -2.30. The van der Waals surface area contributed by atoms with E-state index in [0.29, 0.717) is 37.5 Å². The second kappa shape index (κ2) is 57.9. The van der Waals surface area contributed by atoms with Crippen LogP contribution >= 0.6 is 15.6 Å². The van der Waals surface area contributed by atoms with Crippen LogP contribution in [0.15, 0.2) is 0 Å². The van der Waals surface area contributed by atoms with Crippen molar-refractivity contribution in [1.82, 2.24) is 0 Å². The predicted molar refractivity (Wildman–Crippen MR) is 349 cm³/mol. The lowest BCUT2D eigenvalue weighted by molar-refractivity contribution is -0.161. The van der Waals surface area contributed by atoms with Crippen LogP contribution in [0.4, 0.5) is 0 Å². The summed E-state index contributed by atoms with van der Waals surface area (Å²) in [6.45, 7) is 13.9. The molecule has 0 rings (SSSR count). The monoisotopic (exact) mass is 1280 g/mol. The van der Waals surface area contributed by atoms with Crippen molar-refractivity contribution in [3.8, 4) is 0 Å². The molecule has 0 aromatic carbocycles. The summed E-state index contributed by atoms with van der Waals surface area (Å²) in [5.74, 6) is 0.740. The van der Waals surface area contributed by atoms with E-state index in [1.807, 2.05) is 0 Å². The van der Waals surface area contributed by atoms with E-state index in [1.54, 1.807) is 0 Å². The fourth-order valence-electron chi connectivity index (χ4n) is 10.1. The number of phosphoric acid groups is 2. The molecule has 0 bridgehead atoms. The molecular formula is C68H132O17P2. The molecule has 17 nitrogen and oxygen atoms in total. The van der Waals surface area contributed by atoms with Gasteiger partial charge in [-0.25, -0.2) is 9.13 Å². The number of hydrogen-bond donors (Lipinski definition) is 3. The average Bonchev–Trinajstić information content (AvgIpc) is 3.63. The minimum Gasteiger partial charge on any atom is -0.462 e. The highest BCUT2D eigenvalue weighted by atomic mass is 31.2. The number of esters is 4. The average molecular weight is 1280 g/mol. The van der Waals surface area contributed by atoms with E-state index in [0.717, 1.165) is 108 Å². The van der Waals surface area contributed by atoms with Crippen LogP contribution in [-0.4, -0.2) is 96.7 Å². The van der Waals surface area contributed by atoms with Gasteiger partial charge >= 0.3 is 39.5 Å². The zero-order valence-corrected chi connectivity index (χ0v) is 58.4. The van der Waals surface area contributed by atoms with Gasteiger partial charge in [-0.05, 0) is 49.4 Å². The molecule has 0 spiro atoms. The molecule has 0 aliphatic heterocycles. The first-order valence-electron chi connectivity index (χ1n) is 35.2. The number of hydrogen-bond acceptors (Lipinski definition) is 15. The minimum atomic E-state index is -4.95. The number of aliphatic hydroxyl groups is 1. The highest BCUT2D eigenvalue weighted by molar-refractivity contribution is 7.47. The van der Waals surface area contributed by atoms with Gasteiger partial charge in [0.2, 0.25) is 0 Å². The molecule has 0 aromatic heterocycles. The van der Waals surface area contributed by atoms with Gasteiger partial charge < -0.3 is 33.8 Å². The Labute approximate surface area is 530 Å². The van der Waals surface area contributed by atoms with Crippen molar-refractivity contribution in [1.29, 1.82) is 0 Å². The Kier molecular flexibility index (Phi) is 56.6. The summed E-state index contributed by atoms with van der Waals surface area (Å²) in [7, 11) is -9.89. The summed E-state index contributed by atoms with van der Waals surface area (Å²) in [6.07, 6.45) is 39.5. The zero-order chi connectivity index (χ0) is 64.7. The fourth-order valence-corrected chi connectivity index (χ4v) is 11.7. The van der Waals surface area contributed by atoms with Crippen LogP contribution in [0.25, 0.3) is 0 Å². The quantitative estimate of drug-likeness (QED) is 0.0222. The molecule has 3 N–H and O–H groups in total. The largest absolute Gasteiger partial charge is 0.472 e. The van der Waals surface area contributed by atoms with E-state index >= 15 is 0 Å². The Morgan fingerprint density at radius 2 is 0.552 bits per heavy atom. The summed E-state index contributed by atoms with van der Waals surface area (Å²) in [5.41, 5.74) is 0. The van der Waals surface area contributed by atoms with E-state index in [1.165, 1.54) is 128 Å². The summed E-state index contributed by atoms with van der Waals surface area (Å²) >= 11 is 0. The second-order valence-corrected chi connectivity index (χ2v) is 29.1. The molecule has 0 heterocycles. The molecule has 0 amide bonds. The molecule has 0 saturated heterocycles. The molecule has 3 unspecified atom stereocenters. The van der Waals surface area contributed by atoms with Crippen molar-refractivity contribution in [2.75, 3.05) is 39.6 Å². The Morgan fingerprint density at radius 1 is 0.322 bits per heavy atom. The third kappa shape index (κ3) is 61.3. The Hall–Kier alpha value is -1.94. The molecular weight excluding hydrogens is 1150 g/mol. The van der Waals surface area contributed by atoms with Crippen LogP contribution in [0.5, 0.6) is 0 Å². The van der Waals surface area contributed by atoms with Crippen molar-refractivity contribution < 1.29 is 80.2 Å². The SMILES string of the molecule is CCC(C)CCCCCCCCC(=O)O[C@H](COC(=O)CCCCCCCCC(C)C)COP(=O)(O)OC[C@H](O)COP(=O)(O)OC[C@@H](COC(=O)CCCCCCCCCCCCCCCCCCC(C)C)OC(=O)CCCCCCCCC(C)C. The number of rotatable bonds is 65. The van der Waals surface area contributed by atoms with Crippen LogP contribution in [-0.2, 0) is 65.4 Å². The van der Waals surface area contributed by atoms with E-state index < -0.39 is 97.5 Å². The smallest absolute Gasteiger partial charge is 0.462 e. The first-order chi connectivity index (χ1) is 41.6. The van der Waals surface area contributed by atoms with Crippen LogP contribution in [0, 0.1) is 23.7 Å². The Bertz CT molecular complexity index is 1730. The van der Waals surface area contributed by atoms with Crippen LogP contribution in [0.3, 0.4) is 0 Å². The van der Waals surface area contributed by atoms with Crippen molar-refractivity contribution in [2.24, 2.45) is 23.7 Å². The summed E-state index contributed by atoms with van der Waals surface area (Å²) in [5, 5.41) is 10.5. The highest BCUT2D eigenvalue weighted by Gasteiger charge is 2.30. The molecule has 0 aromatic rings. The molecule has 0 aliphatic rings. The number of ether oxygens (including phenoxy) is 4. The van der Waals surface area contributed by atoms with E-state index in [4.69, 9.17) is 37.0 Å². The van der Waals surface area contributed by atoms with Gasteiger partial charge in [0.05, 0.1) is 26.4 Å². The van der Waals surface area contributed by atoms with Gasteiger partial charge in [0.25, 0.3) is 0 Å². The maximum atomic E-state index is 13.0. The number of unbranched alkanes of at least 4 members (excludes halogenated alkanes) is 30. The van der Waals surface area contributed by atoms with Gasteiger partial charge in [-0.1, -0.05) is 280 Å².